The maximum Gasteiger partial charge on any atom is 0.168 e. The van der Waals surface area contributed by atoms with Crippen LogP contribution >= 0.6 is 0 Å². The third kappa shape index (κ3) is 2.92. The Bertz CT molecular complexity index is 653. The van der Waals surface area contributed by atoms with Crippen molar-refractivity contribution >= 4 is 17.7 Å². The average molecular weight is 283 g/mol. The molecule has 0 aliphatic heterocycles. The van der Waals surface area contributed by atoms with Crippen molar-refractivity contribution < 1.29 is 9.90 Å². The number of ketones is 1. The highest BCUT2D eigenvalue weighted by molar-refractivity contribution is 6.14. The highest BCUT2D eigenvalue weighted by atomic mass is 16.3. The zero-order chi connectivity index (χ0) is 15.0. The number of aliphatic hydroxyl groups excluding tert-OH is 1. The van der Waals surface area contributed by atoms with Crippen molar-refractivity contribution in [1.82, 2.24) is 0 Å². The van der Waals surface area contributed by atoms with Crippen LogP contribution in [-0.2, 0) is 17.6 Å². The second-order valence-corrected chi connectivity index (χ2v) is 6.87. The average Bonchev–Trinajstić information content (AvgIpc) is 2.83. The lowest BCUT2D eigenvalue weighted by molar-refractivity contribution is -0.117. The van der Waals surface area contributed by atoms with Crippen molar-refractivity contribution in [2.45, 2.75) is 46.0 Å². The quantitative estimate of drug-likeness (QED) is 0.831. The van der Waals surface area contributed by atoms with E-state index in [1.54, 1.807) is 0 Å². The van der Waals surface area contributed by atoms with Gasteiger partial charge in [0, 0.05) is 19.1 Å². The lowest BCUT2D eigenvalue weighted by atomic mass is 9.77. The summed E-state index contributed by atoms with van der Waals surface area (Å²) in [6.45, 7) is 3.99. The van der Waals surface area contributed by atoms with Gasteiger partial charge in [-0.3, -0.25) is 9.79 Å². The van der Waals surface area contributed by atoms with Crippen LogP contribution in [0, 0.1) is 5.41 Å². The molecular weight excluding hydrogens is 262 g/mol. The smallest absolute Gasteiger partial charge is 0.168 e. The summed E-state index contributed by atoms with van der Waals surface area (Å²) in [5, 5.41) is 10.1. The lowest BCUT2D eigenvalue weighted by Gasteiger charge is -2.28. The molecule has 0 amide bonds. The van der Waals surface area contributed by atoms with Gasteiger partial charge in [-0.25, -0.2) is 0 Å². The minimum absolute atomic E-state index is 0.0198. The van der Waals surface area contributed by atoms with Crippen molar-refractivity contribution in [1.29, 1.82) is 0 Å². The van der Waals surface area contributed by atoms with E-state index in [-0.39, 0.29) is 17.0 Å². The van der Waals surface area contributed by atoms with Crippen LogP contribution in [0.1, 0.15) is 44.2 Å². The Hall–Kier alpha value is -1.90. The number of fused-ring (bicyclic) bond motifs is 1. The molecule has 110 valence electrons. The molecule has 0 aromatic heterocycles. The Labute approximate surface area is 125 Å². The summed E-state index contributed by atoms with van der Waals surface area (Å²) in [4.78, 5) is 16.5. The summed E-state index contributed by atoms with van der Waals surface area (Å²) in [6, 6.07) is 6.19. The number of carbonyl (C=O) groups is 1. The van der Waals surface area contributed by atoms with Crippen LogP contribution < -0.4 is 0 Å². The van der Waals surface area contributed by atoms with Gasteiger partial charge < -0.3 is 5.11 Å². The van der Waals surface area contributed by atoms with Crippen molar-refractivity contribution in [2.75, 3.05) is 0 Å². The van der Waals surface area contributed by atoms with Crippen LogP contribution in [0.4, 0.5) is 5.69 Å². The molecule has 1 aromatic rings. The zero-order valence-electron chi connectivity index (χ0n) is 12.6. The molecule has 3 heteroatoms. The number of hydrogen-bond acceptors (Lipinski definition) is 3. The van der Waals surface area contributed by atoms with Gasteiger partial charge in [0.2, 0.25) is 0 Å². The van der Waals surface area contributed by atoms with Crippen molar-refractivity contribution in [2.24, 2.45) is 10.4 Å². The van der Waals surface area contributed by atoms with E-state index in [1.807, 2.05) is 19.9 Å². The molecule has 0 spiro atoms. The first-order chi connectivity index (χ1) is 9.94. The van der Waals surface area contributed by atoms with Crippen LogP contribution in [0.5, 0.6) is 0 Å². The van der Waals surface area contributed by atoms with Gasteiger partial charge >= 0.3 is 0 Å². The van der Waals surface area contributed by atoms with Crippen molar-refractivity contribution in [3.8, 4) is 0 Å². The molecule has 2 aliphatic carbocycles. The summed E-state index contributed by atoms with van der Waals surface area (Å²) in [5.74, 6) is 0.148. The van der Waals surface area contributed by atoms with E-state index in [9.17, 15) is 9.90 Å². The molecule has 3 nitrogen and oxygen atoms in total. The van der Waals surface area contributed by atoms with Crippen LogP contribution in [-0.4, -0.2) is 17.1 Å². The summed E-state index contributed by atoms with van der Waals surface area (Å²) >= 11 is 0. The van der Waals surface area contributed by atoms with E-state index < -0.39 is 0 Å². The first-order valence-electron chi connectivity index (χ1n) is 7.56. The van der Waals surface area contributed by atoms with E-state index in [2.05, 4.69) is 17.1 Å². The lowest BCUT2D eigenvalue weighted by Crippen LogP contribution is -2.26. The molecule has 0 unspecified atom stereocenters. The van der Waals surface area contributed by atoms with E-state index in [4.69, 9.17) is 0 Å². The molecule has 0 atom stereocenters. The number of nitrogens with zero attached hydrogens (tertiary/aromatic N) is 1. The van der Waals surface area contributed by atoms with Crippen LogP contribution in [0.15, 0.2) is 34.5 Å². The maximum absolute atomic E-state index is 12.1. The second kappa shape index (κ2) is 5.14. The number of aryl methyl sites for hydroxylation is 2. The predicted octanol–water partition coefficient (Wildman–Crippen LogP) is 4.08. The van der Waals surface area contributed by atoms with E-state index in [0.717, 1.165) is 18.5 Å². The van der Waals surface area contributed by atoms with Gasteiger partial charge in [0.25, 0.3) is 0 Å². The number of benzene rings is 1. The van der Waals surface area contributed by atoms with Gasteiger partial charge in [0.15, 0.2) is 5.78 Å². The fourth-order valence-corrected chi connectivity index (χ4v) is 3.23. The minimum Gasteiger partial charge on any atom is -0.511 e. The molecule has 2 aliphatic rings. The van der Waals surface area contributed by atoms with Gasteiger partial charge in [0.05, 0.1) is 11.3 Å². The second-order valence-electron chi connectivity index (χ2n) is 6.87. The van der Waals surface area contributed by atoms with Crippen LogP contribution in [0.25, 0.3) is 0 Å². The fourth-order valence-electron chi connectivity index (χ4n) is 3.23. The largest absolute Gasteiger partial charge is 0.511 e. The van der Waals surface area contributed by atoms with E-state index in [0.29, 0.717) is 18.4 Å². The van der Waals surface area contributed by atoms with Gasteiger partial charge in [-0.05, 0) is 47.9 Å². The molecule has 0 bridgehead atoms. The normalized spacial score (nSPS) is 21.1. The summed E-state index contributed by atoms with van der Waals surface area (Å²) in [7, 11) is 0. The van der Waals surface area contributed by atoms with Gasteiger partial charge in [0.1, 0.15) is 5.76 Å². The molecule has 0 fully saturated rings. The molecule has 0 heterocycles. The summed E-state index contributed by atoms with van der Waals surface area (Å²) in [5.41, 5.74) is 3.83. The number of hydrogen-bond donors (Lipinski definition) is 1. The molecule has 0 radical (unpaired) electrons. The molecule has 1 aromatic carbocycles. The summed E-state index contributed by atoms with van der Waals surface area (Å²) in [6.07, 6.45) is 6.00. The van der Waals surface area contributed by atoms with E-state index in [1.165, 1.54) is 23.8 Å². The SMILES string of the molecule is CC1(C)CC(=O)C(C=Nc2ccc3c(c2)CCC3)=C(O)C1. The Kier molecular flexibility index (Phi) is 3.44. The molecule has 3 rings (SSSR count). The Morgan fingerprint density at radius 1 is 1.19 bits per heavy atom. The Morgan fingerprint density at radius 2 is 1.95 bits per heavy atom. The number of aliphatic imine (C=N–C) groups is 1. The predicted molar refractivity (Wildman–Crippen MR) is 84.3 cm³/mol. The molecular formula is C18H21NO2. The van der Waals surface area contributed by atoms with Crippen LogP contribution in [0.2, 0.25) is 0 Å². The molecule has 1 N–H and O–H groups in total. The zero-order valence-corrected chi connectivity index (χ0v) is 12.6. The topological polar surface area (TPSA) is 49.7 Å². The first kappa shape index (κ1) is 14.1. The number of aliphatic hydroxyl groups is 1. The monoisotopic (exact) mass is 283 g/mol. The van der Waals surface area contributed by atoms with Gasteiger partial charge in [-0.15, -0.1) is 0 Å². The van der Waals surface area contributed by atoms with Crippen molar-refractivity contribution in [3.63, 3.8) is 0 Å². The standard InChI is InChI=1S/C18H21NO2/c1-18(2)9-16(20)15(17(21)10-18)11-19-14-7-6-12-4-3-5-13(12)8-14/h6-8,11,20H,3-5,9-10H2,1-2H3. The third-order valence-corrected chi connectivity index (χ3v) is 4.32. The minimum atomic E-state index is -0.161. The maximum atomic E-state index is 12.1. The molecule has 0 saturated carbocycles. The first-order valence-corrected chi connectivity index (χ1v) is 7.56. The van der Waals surface area contributed by atoms with Crippen LogP contribution in [0.3, 0.4) is 0 Å². The van der Waals surface area contributed by atoms with Gasteiger partial charge in [-0.2, -0.15) is 0 Å². The Morgan fingerprint density at radius 3 is 2.71 bits per heavy atom. The summed E-state index contributed by atoms with van der Waals surface area (Å²) < 4.78 is 0. The molecule has 21 heavy (non-hydrogen) atoms. The van der Waals surface area contributed by atoms with E-state index >= 15 is 0 Å². The number of Topliss-reactive ketones (excluding diaryl/α,β-unsaturated/α-hetero) is 1. The number of rotatable bonds is 2. The highest BCUT2D eigenvalue weighted by Crippen LogP contribution is 2.35. The molecule has 0 saturated heterocycles. The number of allylic oxidation sites excluding steroid dienone is 2. The number of carbonyl (C=O) groups excluding carboxylic acids is 1. The van der Waals surface area contributed by atoms with Gasteiger partial charge in [-0.1, -0.05) is 19.9 Å². The third-order valence-electron chi connectivity index (χ3n) is 4.32. The fraction of sp³-hybridized carbons (Fsp3) is 0.444. The van der Waals surface area contributed by atoms with Crippen molar-refractivity contribution in [3.05, 3.63) is 40.7 Å². The Balaban J connectivity index is 1.84. The highest BCUT2D eigenvalue weighted by Gasteiger charge is 2.32.